The molecule has 0 N–H and O–H groups in total. The van der Waals surface area contributed by atoms with Crippen molar-refractivity contribution in [2.45, 2.75) is 44.5 Å². The Kier molecular flexibility index (Phi) is 6.96. The smallest absolute Gasteiger partial charge is 0.287 e. The first-order valence-electron chi connectivity index (χ1n) is 4.83. The van der Waals surface area contributed by atoms with Crippen molar-refractivity contribution < 1.29 is 31.1 Å². The van der Waals surface area contributed by atoms with Crippen LogP contribution in [0, 0.1) is 0 Å². The summed E-state index contributed by atoms with van der Waals surface area (Å²) in [6.07, 6.45) is -11.1. The normalized spacial score (nSPS) is 16.0. The van der Waals surface area contributed by atoms with E-state index in [1.165, 1.54) is 0 Å². The van der Waals surface area contributed by atoms with Gasteiger partial charge in [0.15, 0.2) is 5.12 Å². The Bertz CT molecular complexity index is 248. The monoisotopic (exact) mass is 282 g/mol. The van der Waals surface area contributed by atoms with E-state index in [2.05, 4.69) is 0 Å². The van der Waals surface area contributed by atoms with Gasteiger partial charge in [-0.1, -0.05) is 18.7 Å². The molecule has 0 bridgehead atoms. The zero-order valence-corrected chi connectivity index (χ0v) is 9.75. The lowest BCUT2D eigenvalue weighted by molar-refractivity contribution is -0.184. The number of alkyl halides is 6. The standard InChI is InChI=1S/C9H12F6OS/c1-2-6(16)17-4-3-5(10)7(11)9(14,15)8(12)13/h5,7-8H,2-4H2,1H3. The first kappa shape index (κ1) is 16.6. The molecule has 0 spiro atoms. The van der Waals surface area contributed by atoms with Gasteiger partial charge in [-0.15, -0.1) is 0 Å². The fourth-order valence-corrected chi connectivity index (χ4v) is 1.67. The molecule has 8 heteroatoms. The van der Waals surface area contributed by atoms with Gasteiger partial charge in [-0.05, 0) is 6.42 Å². The van der Waals surface area contributed by atoms with Crippen molar-refractivity contribution in [3.05, 3.63) is 0 Å². The van der Waals surface area contributed by atoms with Gasteiger partial charge in [0, 0.05) is 12.2 Å². The van der Waals surface area contributed by atoms with Gasteiger partial charge in [0.1, 0.15) is 6.17 Å². The van der Waals surface area contributed by atoms with Gasteiger partial charge in [0.25, 0.3) is 0 Å². The van der Waals surface area contributed by atoms with E-state index in [9.17, 15) is 31.1 Å². The number of halogens is 6. The molecule has 2 unspecified atom stereocenters. The van der Waals surface area contributed by atoms with Gasteiger partial charge in [0.05, 0.1) is 0 Å². The van der Waals surface area contributed by atoms with E-state index in [0.29, 0.717) is 11.8 Å². The Morgan fingerprint density at radius 1 is 1.24 bits per heavy atom. The minimum absolute atomic E-state index is 0.174. The minimum atomic E-state index is -5.00. The molecule has 0 saturated carbocycles. The van der Waals surface area contributed by atoms with Crippen LogP contribution in [0.15, 0.2) is 0 Å². The zero-order valence-electron chi connectivity index (χ0n) is 8.94. The fraction of sp³-hybridized carbons (Fsp3) is 0.889. The summed E-state index contributed by atoms with van der Waals surface area (Å²) in [5.41, 5.74) is 0. The van der Waals surface area contributed by atoms with Crippen LogP contribution < -0.4 is 0 Å². The van der Waals surface area contributed by atoms with Crippen LogP contribution in [0.3, 0.4) is 0 Å². The van der Waals surface area contributed by atoms with Crippen molar-refractivity contribution in [2.75, 3.05) is 5.75 Å². The molecule has 2 atom stereocenters. The molecular weight excluding hydrogens is 270 g/mol. The highest BCUT2D eigenvalue weighted by atomic mass is 32.2. The molecule has 0 rings (SSSR count). The van der Waals surface area contributed by atoms with E-state index < -0.39 is 31.1 Å². The molecule has 0 aliphatic carbocycles. The molecule has 0 radical (unpaired) electrons. The van der Waals surface area contributed by atoms with Crippen LogP contribution in [0.5, 0.6) is 0 Å². The molecular formula is C9H12F6OS. The van der Waals surface area contributed by atoms with Gasteiger partial charge < -0.3 is 0 Å². The Hall–Kier alpha value is -0.400. The van der Waals surface area contributed by atoms with Crippen molar-refractivity contribution in [3.8, 4) is 0 Å². The Labute approximate surface area is 98.9 Å². The first-order chi connectivity index (χ1) is 7.73. The van der Waals surface area contributed by atoms with Crippen molar-refractivity contribution in [2.24, 2.45) is 0 Å². The average molecular weight is 282 g/mol. The van der Waals surface area contributed by atoms with Crippen LogP contribution in [0.25, 0.3) is 0 Å². The zero-order chi connectivity index (χ0) is 13.6. The van der Waals surface area contributed by atoms with Crippen LogP contribution in [-0.4, -0.2) is 35.6 Å². The van der Waals surface area contributed by atoms with Crippen LogP contribution in [0.1, 0.15) is 19.8 Å². The van der Waals surface area contributed by atoms with Crippen LogP contribution in [0.4, 0.5) is 26.3 Å². The van der Waals surface area contributed by atoms with Crippen LogP contribution >= 0.6 is 11.8 Å². The summed E-state index contributed by atoms with van der Waals surface area (Å²) in [5, 5.41) is -0.298. The molecule has 0 heterocycles. The number of carbonyl (C=O) groups excluding carboxylic acids is 1. The van der Waals surface area contributed by atoms with E-state index in [1.54, 1.807) is 6.92 Å². The van der Waals surface area contributed by atoms with E-state index in [1.807, 2.05) is 0 Å². The minimum Gasteiger partial charge on any atom is -0.287 e. The molecule has 0 aromatic carbocycles. The van der Waals surface area contributed by atoms with Crippen molar-refractivity contribution >= 4 is 16.9 Å². The third kappa shape index (κ3) is 5.18. The first-order valence-corrected chi connectivity index (χ1v) is 5.81. The molecule has 102 valence electrons. The second-order valence-corrected chi connectivity index (χ2v) is 4.41. The summed E-state index contributed by atoms with van der Waals surface area (Å²) in [6.45, 7) is 1.55. The molecule has 0 aliphatic rings. The predicted octanol–water partition coefficient (Wildman–Crippen LogP) is 3.62. The number of carbonyl (C=O) groups is 1. The highest BCUT2D eigenvalue weighted by Gasteiger charge is 2.53. The van der Waals surface area contributed by atoms with E-state index in [0.717, 1.165) is 0 Å². The topological polar surface area (TPSA) is 17.1 Å². The average Bonchev–Trinajstić information content (AvgIpc) is 2.27. The number of hydrogen-bond donors (Lipinski definition) is 0. The predicted molar refractivity (Wildman–Crippen MR) is 53.1 cm³/mol. The maximum atomic E-state index is 12.9. The van der Waals surface area contributed by atoms with Crippen molar-refractivity contribution in [1.29, 1.82) is 0 Å². The summed E-state index contributed by atoms with van der Waals surface area (Å²) in [4.78, 5) is 10.7. The SMILES string of the molecule is CCC(=O)SCCC(F)C(F)C(F)(F)C(F)F. The third-order valence-corrected chi connectivity index (χ3v) is 2.97. The molecule has 0 aliphatic heterocycles. The van der Waals surface area contributed by atoms with E-state index in [-0.39, 0.29) is 17.3 Å². The van der Waals surface area contributed by atoms with Gasteiger partial charge in [-0.25, -0.2) is 17.6 Å². The molecule has 0 fully saturated rings. The Balaban J connectivity index is 4.14. The van der Waals surface area contributed by atoms with E-state index in [4.69, 9.17) is 0 Å². The Morgan fingerprint density at radius 2 is 1.76 bits per heavy atom. The summed E-state index contributed by atoms with van der Waals surface area (Å²) in [6, 6.07) is 0. The quantitative estimate of drug-likeness (QED) is 0.663. The summed E-state index contributed by atoms with van der Waals surface area (Å²) >= 11 is 0.663. The lowest BCUT2D eigenvalue weighted by Crippen LogP contribution is -2.43. The highest BCUT2D eigenvalue weighted by molar-refractivity contribution is 8.13. The largest absolute Gasteiger partial charge is 0.340 e. The molecule has 0 aromatic heterocycles. The van der Waals surface area contributed by atoms with Gasteiger partial charge >= 0.3 is 12.3 Å². The Morgan fingerprint density at radius 3 is 2.18 bits per heavy atom. The summed E-state index contributed by atoms with van der Waals surface area (Å²) < 4.78 is 73.9. The van der Waals surface area contributed by atoms with Crippen molar-refractivity contribution in [1.82, 2.24) is 0 Å². The molecule has 1 nitrogen and oxygen atoms in total. The summed E-state index contributed by atoms with van der Waals surface area (Å²) in [5.74, 6) is -5.22. The second kappa shape index (κ2) is 7.13. The van der Waals surface area contributed by atoms with E-state index >= 15 is 0 Å². The molecule has 0 amide bonds. The molecule has 0 saturated heterocycles. The van der Waals surface area contributed by atoms with Gasteiger partial charge in [-0.3, -0.25) is 4.79 Å². The fourth-order valence-electron chi connectivity index (χ4n) is 0.895. The number of rotatable bonds is 7. The highest BCUT2D eigenvalue weighted by Crippen LogP contribution is 2.33. The van der Waals surface area contributed by atoms with Crippen LogP contribution in [-0.2, 0) is 4.79 Å². The number of hydrogen-bond acceptors (Lipinski definition) is 2. The second-order valence-electron chi connectivity index (χ2n) is 3.26. The third-order valence-electron chi connectivity index (χ3n) is 1.92. The lowest BCUT2D eigenvalue weighted by atomic mass is 10.1. The van der Waals surface area contributed by atoms with Gasteiger partial charge in [0.2, 0.25) is 6.17 Å². The maximum absolute atomic E-state index is 12.9. The molecule has 0 aromatic rings. The summed E-state index contributed by atoms with van der Waals surface area (Å²) in [7, 11) is 0. The van der Waals surface area contributed by atoms with Crippen molar-refractivity contribution in [3.63, 3.8) is 0 Å². The molecule has 17 heavy (non-hydrogen) atoms. The number of thioether (sulfide) groups is 1. The van der Waals surface area contributed by atoms with Gasteiger partial charge in [-0.2, -0.15) is 8.78 Å². The lowest BCUT2D eigenvalue weighted by Gasteiger charge is -2.22. The maximum Gasteiger partial charge on any atom is 0.340 e. The van der Waals surface area contributed by atoms with Crippen LogP contribution in [0.2, 0.25) is 0 Å².